The molecule has 2 aliphatic heterocycles. The molecule has 22 heavy (non-hydrogen) atoms. The Kier molecular flexibility index (Phi) is 4.15. The third kappa shape index (κ3) is 3.19. The summed E-state index contributed by atoms with van der Waals surface area (Å²) in [6, 6.07) is 0.455. The smallest absolute Gasteiger partial charge is 0.249 e. The zero-order valence-electron chi connectivity index (χ0n) is 12.7. The number of aromatic nitrogens is 1. The van der Waals surface area contributed by atoms with E-state index in [4.69, 9.17) is 4.74 Å². The minimum atomic E-state index is -0.236. The lowest BCUT2D eigenvalue weighted by molar-refractivity contribution is -0.144. The molecule has 0 aromatic carbocycles. The van der Waals surface area contributed by atoms with E-state index in [1.807, 2.05) is 11.6 Å². The van der Waals surface area contributed by atoms with Gasteiger partial charge in [-0.25, -0.2) is 4.98 Å². The minimum Gasteiger partial charge on any atom is -0.363 e. The molecule has 6 heteroatoms. The Bertz CT molecular complexity index is 517. The van der Waals surface area contributed by atoms with Crippen LogP contribution in [0, 0.1) is 5.92 Å². The number of hydrogen-bond acceptors (Lipinski definition) is 5. The van der Waals surface area contributed by atoms with Crippen LogP contribution >= 0.6 is 11.3 Å². The van der Waals surface area contributed by atoms with Crippen LogP contribution < -0.4 is 5.32 Å². The van der Waals surface area contributed by atoms with Crippen molar-refractivity contribution in [1.82, 2.24) is 15.2 Å². The number of nitrogens with zero attached hydrogens (tertiary/aromatic N) is 2. The van der Waals surface area contributed by atoms with Gasteiger partial charge >= 0.3 is 0 Å². The Hall–Kier alpha value is -0.980. The van der Waals surface area contributed by atoms with Gasteiger partial charge in [0.15, 0.2) is 0 Å². The van der Waals surface area contributed by atoms with Crippen LogP contribution in [0.15, 0.2) is 11.6 Å². The first-order valence-electron chi connectivity index (χ1n) is 8.35. The minimum absolute atomic E-state index is 0.101. The molecular weight excluding hydrogens is 298 g/mol. The summed E-state index contributed by atoms with van der Waals surface area (Å²) in [5, 5.41) is 6.26. The van der Waals surface area contributed by atoms with Gasteiger partial charge in [0.25, 0.3) is 0 Å². The molecule has 0 spiro atoms. The molecule has 3 fully saturated rings. The first-order chi connectivity index (χ1) is 10.8. The predicted molar refractivity (Wildman–Crippen MR) is 84.6 cm³/mol. The topological polar surface area (TPSA) is 54.5 Å². The van der Waals surface area contributed by atoms with Crippen LogP contribution in [0.3, 0.4) is 0 Å². The molecule has 3 atom stereocenters. The summed E-state index contributed by atoms with van der Waals surface area (Å²) in [5.74, 6) is 0.823. The Morgan fingerprint density at radius 1 is 1.36 bits per heavy atom. The maximum Gasteiger partial charge on any atom is 0.249 e. The number of amides is 1. The lowest BCUT2D eigenvalue weighted by Crippen LogP contribution is -2.47. The Labute approximate surface area is 135 Å². The number of carbonyl (C=O) groups is 1. The molecular formula is C16H23N3O2S. The summed E-state index contributed by atoms with van der Waals surface area (Å²) in [5.41, 5.74) is 0. The van der Waals surface area contributed by atoms with Gasteiger partial charge in [0, 0.05) is 30.7 Å². The van der Waals surface area contributed by atoms with Crippen LogP contribution in [0.4, 0.5) is 0 Å². The molecule has 1 aromatic heterocycles. The molecule has 0 radical (unpaired) electrons. The van der Waals surface area contributed by atoms with Crippen molar-refractivity contribution in [2.45, 2.75) is 56.9 Å². The second-order valence-corrected chi connectivity index (χ2v) is 7.66. The molecule has 0 unspecified atom stereocenters. The Morgan fingerprint density at radius 3 is 3.05 bits per heavy atom. The Balaban J connectivity index is 1.30. The standard InChI is InChI=1S/C16H23N3O2S/c20-16(18-9-11-1-2-11)14-4-3-12-13(21-14)5-7-19(12)10-15-17-6-8-22-15/h6,8,11-14H,1-5,7,9-10H2,(H,18,20)/t12-,13-,14-/m1/s1. The third-order valence-electron chi connectivity index (χ3n) is 5.04. The second kappa shape index (κ2) is 6.26. The van der Waals surface area contributed by atoms with E-state index in [1.54, 1.807) is 11.3 Å². The highest BCUT2D eigenvalue weighted by molar-refractivity contribution is 7.09. The molecule has 1 aromatic rings. The molecule has 3 heterocycles. The second-order valence-electron chi connectivity index (χ2n) is 6.68. The van der Waals surface area contributed by atoms with Crippen molar-refractivity contribution in [3.8, 4) is 0 Å². The van der Waals surface area contributed by atoms with Crippen LogP contribution in [0.25, 0.3) is 0 Å². The summed E-state index contributed by atoms with van der Waals surface area (Å²) >= 11 is 1.71. The summed E-state index contributed by atoms with van der Waals surface area (Å²) in [6.07, 6.45) is 7.30. The SMILES string of the molecule is O=C(NCC1CC1)[C@H]1CC[C@@H]2[C@@H](CCN2Cc2nccs2)O1. The van der Waals surface area contributed by atoms with E-state index >= 15 is 0 Å². The van der Waals surface area contributed by atoms with Crippen LogP contribution in [-0.4, -0.2) is 47.1 Å². The number of likely N-dealkylation sites (tertiary alicyclic amines) is 1. The molecule has 1 saturated carbocycles. The van der Waals surface area contributed by atoms with Gasteiger partial charge < -0.3 is 10.1 Å². The largest absolute Gasteiger partial charge is 0.363 e. The first kappa shape index (κ1) is 14.6. The van der Waals surface area contributed by atoms with Gasteiger partial charge in [-0.3, -0.25) is 9.69 Å². The van der Waals surface area contributed by atoms with Crippen molar-refractivity contribution in [2.24, 2.45) is 5.92 Å². The van der Waals surface area contributed by atoms with E-state index in [0.29, 0.717) is 6.04 Å². The van der Waals surface area contributed by atoms with E-state index in [-0.39, 0.29) is 18.1 Å². The number of carbonyl (C=O) groups excluding carboxylic acids is 1. The summed E-state index contributed by atoms with van der Waals surface area (Å²) in [6.45, 7) is 2.80. The van der Waals surface area contributed by atoms with Gasteiger partial charge in [-0.2, -0.15) is 0 Å². The molecule has 1 N–H and O–H groups in total. The quantitative estimate of drug-likeness (QED) is 0.898. The van der Waals surface area contributed by atoms with Crippen molar-refractivity contribution in [3.63, 3.8) is 0 Å². The normalized spacial score (nSPS) is 31.9. The van der Waals surface area contributed by atoms with Crippen molar-refractivity contribution in [3.05, 3.63) is 16.6 Å². The number of ether oxygens (including phenoxy) is 1. The number of fused-ring (bicyclic) bond motifs is 1. The van der Waals surface area contributed by atoms with Gasteiger partial charge in [0.1, 0.15) is 11.1 Å². The number of nitrogens with one attached hydrogen (secondary N) is 1. The fourth-order valence-corrected chi connectivity index (χ4v) is 4.23. The van der Waals surface area contributed by atoms with Crippen LogP contribution in [-0.2, 0) is 16.1 Å². The zero-order valence-corrected chi connectivity index (χ0v) is 13.6. The molecule has 4 rings (SSSR count). The predicted octanol–water partition coefficient (Wildman–Crippen LogP) is 1.79. The molecule has 1 aliphatic carbocycles. The Morgan fingerprint density at radius 2 is 2.27 bits per heavy atom. The van der Waals surface area contributed by atoms with E-state index in [9.17, 15) is 4.79 Å². The van der Waals surface area contributed by atoms with E-state index in [0.717, 1.165) is 44.8 Å². The van der Waals surface area contributed by atoms with E-state index in [1.165, 1.54) is 17.8 Å². The molecule has 5 nitrogen and oxygen atoms in total. The maximum atomic E-state index is 12.2. The van der Waals surface area contributed by atoms with Crippen molar-refractivity contribution >= 4 is 17.2 Å². The lowest BCUT2D eigenvalue weighted by atomic mass is 9.98. The van der Waals surface area contributed by atoms with Gasteiger partial charge in [0.05, 0.1) is 12.6 Å². The summed E-state index contributed by atoms with van der Waals surface area (Å²) < 4.78 is 6.10. The van der Waals surface area contributed by atoms with Gasteiger partial charge in [-0.1, -0.05) is 0 Å². The molecule has 2 saturated heterocycles. The zero-order chi connectivity index (χ0) is 14.9. The lowest BCUT2D eigenvalue weighted by Gasteiger charge is -2.35. The first-order valence-corrected chi connectivity index (χ1v) is 9.23. The fraction of sp³-hybridized carbons (Fsp3) is 0.750. The monoisotopic (exact) mass is 321 g/mol. The van der Waals surface area contributed by atoms with Crippen molar-refractivity contribution in [2.75, 3.05) is 13.1 Å². The van der Waals surface area contributed by atoms with Gasteiger partial charge in [-0.05, 0) is 38.0 Å². The van der Waals surface area contributed by atoms with Crippen LogP contribution in [0.5, 0.6) is 0 Å². The average Bonchev–Trinajstić information content (AvgIpc) is 3.07. The summed E-state index contributed by atoms with van der Waals surface area (Å²) in [4.78, 5) is 19.1. The number of thiazole rings is 1. The van der Waals surface area contributed by atoms with Crippen molar-refractivity contribution in [1.29, 1.82) is 0 Å². The average molecular weight is 321 g/mol. The highest BCUT2D eigenvalue weighted by Crippen LogP contribution is 2.33. The number of rotatable bonds is 5. The molecule has 1 amide bonds. The van der Waals surface area contributed by atoms with Crippen LogP contribution in [0.2, 0.25) is 0 Å². The molecule has 0 bridgehead atoms. The van der Waals surface area contributed by atoms with Crippen LogP contribution in [0.1, 0.15) is 37.1 Å². The highest BCUT2D eigenvalue weighted by atomic mass is 32.1. The van der Waals surface area contributed by atoms with Gasteiger partial charge in [0.2, 0.25) is 5.91 Å². The molecule has 120 valence electrons. The van der Waals surface area contributed by atoms with E-state index in [2.05, 4.69) is 15.2 Å². The fourth-order valence-electron chi connectivity index (χ4n) is 3.59. The number of hydrogen-bond donors (Lipinski definition) is 1. The van der Waals surface area contributed by atoms with Gasteiger partial charge in [-0.15, -0.1) is 11.3 Å². The summed E-state index contributed by atoms with van der Waals surface area (Å²) in [7, 11) is 0. The van der Waals surface area contributed by atoms with Crippen molar-refractivity contribution < 1.29 is 9.53 Å². The highest BCUT2D eigenvalue weighted by Gasteiger charge is 2.41. The molecule has 3 aliphatic rings. The van der Waals surface area contributed by atoms with E-state index < -0.39 is 0 Å². The maximum absolute atomic E-state index is 12.2. The third-order valence-corrected chi connectivity index (χ3v) is 5.80.